The van der Waals surface area contributed by atoms with E-state index >= 15 is 0 Å². The lowest BCUT2D eigenvalue weighted by Crippen LogP contribution is -2.18. The smallest absolute Gasteiger partial charge is 0.185 e. The molecule has 1 aromatic carbocycles. The highest BCUT2D eigenvalue weighted by molar-refractivity contribution is 5.98. The molecule has 88 valence electrons. The summed E-state index contributed by atoms with van der Waals surface area (Å²) in [5.41, 5.74) is 0.791. The predicted molar refractivity (Wildman–Crippen MR) is 69.1 cm³/mol. The largest absolute Gasteiger partial charge is 0.344 e. The summed E-state index contributed by atoms with van der Waals surface area (Å²) in [6, 6.07) is 13.4. The van der Waals surface area contributed by atoms with E-state index in [0.717, 1.165) is 18.4 Å². The highest BCUT2D eigenvalue weighted by Gasteiger charge is 2.19. The first kappa shape index (κ1) is 11.6. The van der Waals surface area contributed by atoms with Gasteiger partial charge in [-0.25, -0.2) is 0 Å². The molecule has 0 aliphatic carbocycles. The Labute approximate surface area is 102 Å². The van der Waals surface area contributed by atoms with Gasteiger partial charge in [0.1, 0.15) is 0 Å². The molecule has 0 bridgehead atoms. The molecule has 0 saturated carbocycles. The van der Waals surface area contributed by atoms with Gasteiger partial charge in [0.05, 0.1) is 6.04 Å². The highest BCUT2D eigenvalue weighted by atomic mass is 16.1. The van der Waals surface area contributed by atoms with Crippen molar-refractivity contribution >= 4 is 5.78 Å². The molecule has 0 amide bonds. The van der Waals surface area contributed by atoms with Crippen LogP contribution in [0.2, 0.25) is 0 Å². The number of nitrogens with zero attached hydrogens (tertiary/aromatic N) is 1. The van der Waals surface area contributed by atoms with E-state index in [-0.39, 0.29) is 11.8 Å². The van der Waals surface area contributed by atoms with Crippen molar-refractivity contribution < 1.29 is 4.79 Å². The van der Waals surface area contributed by atoms with Crippen LogP contribution >= 0.6 is 0 Å². The van der Waals surface area contributed by atoms with Gasteiger partial charge in [-0.1, -0.05) is 43.7 Å². The molecule has 0 fully saturated rings. The Hall–Kier alpha value is -1.83. The lowest BCUT2D eigenvalue weighted by molar-refractivity contribution is 0.0918. The molecule has 2 nitrogen and oxygen atoms in total. The number of carbonyl (C=O) groups is 1. The van der Waals surface area contributed by atoms with Gasteiger partial charge < -0.3 is 4.57 Å². The minimum atomic E-state index is -0.0719. The van der Waals surface area contributed by atoms with Gasteiger partial charge in [0, 0.05) is 18.0 Å². The number of aromatic nitrogens is 1. The number of carbonyl (C=O) groups excluding carboxylic acids is 1. The number of hydrogen-bond acceptors (Lipinski definition) is 1. The topological polar surface area (TPSA) is 22.0 Å². The van der Waals surface area contributed by atoms with Crippen molar-refractivity contribution in [2.24, 2.45) is 0 Å². The van der Waals surface area contributed by atoms with Gasteiger partial charge >= 0.3 is 0 Å². The third-order valence-electron chi connectivity index (χ3n) is 2.91. The highest BCUT2D eigenvalue weighted by Crippen LogP contribution is 2.19. The minimum absolute atomic E-state index is 0.0719. The lowest BCUT2D eigenvalue weighted by Gasteiger charge is -2.17. The summed E-state index contributed by atoms with van der Waals surface area (Å²) < 4.78 is 2.00. The summed E-state index contributed by atoms with van der Waals surface area (Å²) in [4.78, 5) is 12.4. The quantitative estimate of drug-likeness (QED) is 0.714. The van der Waals surface area contributed by atoms with Crippen molar-refractivity contribution in [2.45, 2.75) is 25.8 Å². The Bertz CT molecular complexity index is 459. The molecule has 1 atom stereocenters. The number of benzene rings is 1. The molecule has 0 N–H and O–H groups in total. The van der Waals surface area contributed by atoms with E-state index in [1.807, 2.05) is 59.4 Å². The predicted octanol–water partition coefficient (Wildman–Crippen LogP) is 3.71. The zero-order valence-corrected chi connectivity index (χ0v) is 10.0. The molecule has 2 rings (SSSR count). The summed E-state index contributed by atoms with van der Waals surface area (Å²) in [7, 11) is 0. The van der Waals surface area contributed by atoms with Crippen LogP contribution in [0.1, 0.15) is 36.2 Å². The fourth-order valence-electron chi connectivity index (χ4n) is 2.04. The van der Waals surface area contributed by atoms with Crippen molar-refractivity contribution in [3.63, 3.8) is 0 Å². The van der Waals surface area contributed by atoms with Crippen molar-refractivity contribution in [3.8, 4) is 0 Å². The number of Topliss-reactive ketones (excluding diaryl/α,β-unsaturated/α-hetero) is 1. The van der Waals surface area contributed by atoms with Gasteiger partial charge in [0.15, 0.2) is 5.78 Å². The van der Waals surface area contributed by atoms with E-state index in [9.17, 15) is 4.79 Å². The second-order valence-electron chi connectivity index (χ2n) is 4.17. The standard InChI is InChI=1S/C15H17NO/c1-2-8-14(16-11-6-7-12-16)15(17)13-9-4-3-5-10-13/h3-7,9-12,14H,2,8H2,1H3. The fourth-order valence-corrected chi connectivity index (χ4v) is 2.04. The van der Waals surface area contributed by atoms with E-state index in [2.05, 4.69) is 6.92 Å². The maximum Gasteiger partial charge on any atom is 0.185 e. The van der Waals surface area contributed by atoms with Gasteiger partial charge in [-0.15, -0.1) is 0 Å². The van der Waals surface area contributed by atoms with E-state index in [1.165, 1.54) is 0 Å². The average molecular weight is 227 g/mol. The Morgan fingerprint density at radius 3 is 2.35 bits per heavy atom. The Morgan fingerprint density at radius 2 is 1.76 bits per heavy atom. The fraction of sp³-hybridized carbons (Fsp3) is 0.267. The van der Waals surface area contributed by atoms with Crippen LogP contribution in [0.4, 0.5) is 0 Å². The first-order chi connectivity index (χ1) is 8.33. The molecule has 0 aliphatic rings. The van der Waals surface area contributed by atoms with Crippen LogP contribution in [0.25, 0.3) is 0 Å². The van der Waals surface area contributed by atoms with Crippen LogP contribution in [0.5, 0.6) is 0 Å². The van der Waals surface area contributed by atoms with Crippen molar-refractivity contribution in [3.05, 3.63) is 60.4 Å². The van der Waals surface area contributed by atoms with Crippen molar-refractivity contribution in [1.82, 2.24) is 4.57 Å². The Kier molecular flexibility index (Phi) is 3.76. The molecule has 1 unspecified atom stereocenters. The zero-order chi connectivity index (χ0) is 12.1. The summed E-state index contributed by atoms with van der Waals surface area (Å²) >= 11 is 0. The molecule has 0 spiro atoms. The Morgan fingerprint density at radius 1 is 1.12 bits per heavy atom. The van der Waals surface area contributed by atoms with Gasteiger partial charge in [-0.3, -0.25) is 4.79 Å². The van der Waals surface area contributed by atoms with Crippen LogP contribution in [0.15, 0.2) is 54.9 Å². The SMILES string of the molecule is CCCC(C(=O)c1ccccc1)n1cccc1. The Balaban J connectivity index is 2.26. The zero-order valence-electron chi connectivity index (χ0n) is 10.0. The molecule has 2 heteroatoms. The number of hydrogen-bond donors (Lipinski definition) is 0. The van der Waals surface area contributed by atoms with E-state index in [1.54, 1.807) is 0 Å². The molecular weight excluding hydrogens is 210 g/mol. The molecule has 1 heterocycles. The van der Waals surface area contributed by atoms with Crippen LogP contribution in [-0.2, 0) is 0 Å². The van der Waals surface area contributed by atoms with E-state index < -0.39 is 0 Å². The molecule has 17 heavy (non-hydrogen) atoms. The monoisotopic (exact) mass is 227 g/mol. The van der Waals surface area contributed by atoms with Crippen LogP contribution in [-0.4, -0.2) is 10.4 Å². The van der Waals surface area contributed by atoms with Gasteiger partial charge in [0.2, 0.25) is 0 Å². The molecule has 0 aliphatic heterocycles. The second-order valence-corrected chi connectivity index (χ2v) is 4.17. The van der Waals surface area contributed by atoms with Crippen molar-refractivity contribution in [2.75, 3.05) is 0 Å². The molecule has 0 radical (unpaired) electrons. The van der Waals surface area contributed by atoms with Gasteiger partial charge in [0.25, 0.3) is 0 Å². The van der Waals surface area contributed by atoms with Crippen LogP contribution in [0, 0.1) is 0 Å². The number of rotatable bonds is 5. The first-order valence-corrected chi connectivity index (χ1v) is 6.04. The third kappa shape index (κ3) is 2.64. The maximum absolute atomic E-state index is 12.4. The molecule has 0 saturated heterocycles. The van der Waals surface area contributed by atoms with Crippen molar-refractivity contribution in [1.29, 1.82) is 0 Å². The first-order valence-electron chi connectivity index (χ1n) is 6.04. The van der Waals surface area contributed by atoms with Gasteiger partial charge in [-0.05, 0) is 18.6 Å². The number of ketones is 1. The molecule has 2 aromatic rings. The second kappa shape index (κ2) is 5.48. The summed E-state index contributed by atoms with van der Waals surface area (Å²) in [5.74, 6) is 0.198. The lowest BCUT2D eigenvalue weighted by atomic mass is 10.0. The summed E-state index contributed by atoms with van der Waals surface area (Å²) in [6.07, 6.45) is 5.80. The van der Waals surface area contributed by atoms with Crippen LogP contribution in [0.3, 0.4) is 0 Å². The normalized spacial score (nSPS) is 12.3. The van der Waals surface area contributed by atoms with Crippen LogP contribution < -0.4 is 0 Å². The van der Waals surface area contributed by atoms with Gasteiger partial charge in [-0.2, -0.15) is 0 Å². The molecule has 1 aromatic heterocycles. The average Bonchev–Trinajstić information content (AvgIpc) is 2.90. The summed E-state index contributed by atoms with van der Waals surface area (Å²) in [5, 5.41) is 0. The molecular formula is C15H17NO. The minimum Gasteiger partial charge on any atom is -0.344 e. The van der Waals surface area contributed by atoms with E-state index in [0.29, 0.717) is 0 Å². The van der Waals surface area contributed by atoms with E-state index in [4.69, 9.17) is 0 Å². The summed E-state index contributed by atoms with van der Waals surface area (Å²) in [6.45, 7) is 2.11. The third-order valence-corrected chi connectivity index (χ3v) is 2.91. The maximum atomic E-state index is 12.4.